The molecule has 268 valence electrons. The molecule has 0 aliphatic carbocycles. The molecule has 1 aliphatic rings. The number of rotatable bonds is 13. The van der Waals surface area contributed by atoms with Crippen LogP contribution in [0, 0.1) is 5.92 Å². The average molecular weight is 717 g/mol. The highest BCUT2D eigenvalue weighted by Crippen LogP contribution is 2.43. The molecule has 1 fully saturated rings. The molecule has 5 aromatic carbocycles. The number of hydrogen-bond donors (Lipinski definition) is 3. The van der Waals surface area contributed by atoms with Crippen molar-refractivity contribution >= 4 is 23.8 Å². The molecule has 52 heavy (non-hydrogen) atoms. The predicted molar refractivity (Wildman–Crippen MR) is 203 cm³/mol. The molecular formula is C43H44N2O6S. The zero-order chi connectivity index (χ0) is 36.3. The third-order valence-corrected chi connectivity index (χ3v) is 10.4. The van der Waals surface area contributed by atoms with Crippen molar-refractivity contribution in [3.05, 3.63) is 161 Å². The SMILES string of the molecule is COC(=O)C(Cc1ccccc1)NC(=O)NCc1ccccc1-c1ccc(C2OC(CSc3ccccc3)C(C)C(c3ccc(CO)cc3)O2)cc1. The van der Waals surface area contributed by atoms with E-state index < -0.39 is 24.3 Å². The van der Waals surface area contributed by atoms with Crippen LogP contribution >= 0.6 is 11.8 Å². The summed E-state index contributed by atoms with van der Waals surface area (Å²) in [7, 11) is 1.31. The van der Waals surface area contributed by atoms with E-state index in [2.05, 4.69) is 29.7 Å². The van der Waals surface area contributed by atoms with E-state index in [1.165, 1.54) is 12.0 Å². The number of thioether (sulfide) groups is 1. The summed E-state index contributed by atoms with van der Waals surface area (Å²) in [4.78, 5) is 26.6. The lowest BCUT2D eigenvalue weighted by atomic mass is 9.91. The van der Waals surface area contributed by atoms with Crippen LogP contribution < -0.4 is 10.6 Å². The van der Waals surface area contributed by atoms with Gasteiger partial charge < -0.3 is 30.0 Å². The fraction of sp³-hybridized carbons (Fsp3) is 0.256. The van der Waals surface area contributed by atoms with E-state index in [9.17, 15) is 14.7 Å². The third kappa shape index (κ3) is 9.48. The van der Waals surface area contributed by atoms with Gasteiger partial charge in [-0.3, -0.25) is 0 Å². The number of nitrogens with one attached hydrogen (secondary N) is 2. The first-order valence-electron chi connectivity index (χ1n) is 17.4. The number of esters is 1. The van der Waals surface area contributed by atoms with E-state index in [1.807, 2.05) is 121 Å². The highest BCUT2D eigenvalue weighted by Gasteiger charge is 2.38. The van der Waals surface area contributed by atoms with Crippen LogP contribution in [0.5, 0.6) is 0 Å². The first-order chi connectivity index (χ1) is 25.4. The molecule has 5 atom stereocenters. The molecule has 1 heterocycles. The second-order valence-electron chi connectivity index (χ2n) is 12.8. The Labute approximate surface area is 309 Å². The molecule has 1 saturated heterocycles. The Morgan fingerprint density at radius 3 is 2.13 bits per heavy atom. The average Bonchev–Trinajstić information content (AvgIpc) is 3.20. The molecule has 1 aliphatic heterocycles. The number of urea groups is 1. The first-order valence-corrected chi connectivity index (χ1v) is 18.4. The Morgan fingerprint density at radius 2 is 1.44 bits per heavy atom. The lowest BCUT2D eigenvalue weighted by Gasteiger charge is -2.41. The zero-order valence-electron chi connectivity index (χ0n) is 29.3. The third-order valence-electron chi connectivity index (χ3n) is 9.31. The number of benzene rings is 5. The zero-order valence-corrected chi connectivity index (χ0v) is 30.1. The monoisotopic (exact) mass is 716 g/mol. The Bertz CT molecular complexity index is 1890. The summed E-state index contributed by atoms with van der Waals surface area (Å²) < 4.78 is 18.3. The van der Waals surface area contributed by atoms with Gasteiger partial charge in [0.15, 0.2) is 6.29 Å². The fourth-order valence-electron chi connectivity index (χ4n) is 6.35. The summed E-state index contributed by atoms with van der Waals surface area (Å²) in [6.07, 6.45) is -0.526. The van der Waals surface area contributed by atoms with Crippen molar-refractivity contribution in [1.29, 1.82) is 0 Å². The number of aliphatic hydroxyl groups excluding tert-OH is 1. The van der Waals surface area contributed by atoms with Crippen LogP contribution in [0.15, 0.2) is 138 Å². The Hall–Kier alpha value is -4.93. The van der Waals surface area contributed by atoms with Crippen molar-refractivity contribution in [2.45, 2.75) is 55.9 Å². The lowest BCUT2D eigenvalue weighted by molar-refractivity contribution is -0.268. The number of ether oxygens (including phenoxy) is 3. The van der Waals surface area contributed by atoms with Gasteiger partial charge in [-0.2, -0.15) is 0 Å². The minimum atomic E-state index is -0.821. The predicted octanol–water partition coefficient (Wildman–Crippen LogP) is 8.01. The van der Waals surface area contributed by atoms with Gasteiger partial charge >= 0.3 is 12.0 Å². The van der Waals surface area contributed by atoms with Crippen molar-refractivity contribution in [3.8, 4) is 11.1 Å². The minimum Gasteiger partial charge on any atom is -0.467 e. The van der Waals surface area contributed by atoms with Crippen LogP contribution in [-0.2, 0) is 38.6 Å². The van der Waals surface area contributed by atoms with Gasteiger partial charge in [-0.15, -0.1) is 11.8 Å². The van der Waals surface area contributed by atoms with E-state index >= 15 is 0 Å². The number of amides is 2. The Balaban J connectivity index is 1.15. The van der Waals surface area contributed by atoms with Crippen LogP contribution in [0.4, 0.5) is 4.79 Å². The van der Waals surface area contributed by atoms with Gasteiger partial charge in [-0.05, 0) is 45.5 Å². The first kappa shape index (κ1) is 36.8. The smallest absolute Gasteiger partial charge is 0.328 e. The maximum atomic E-state index is 13.0. The van der Waals surface area contributed by atoms with Gasteiger partial charge in [-0.25, -0.2) is 9.59 Å². The van der Waals surface area contributed by atoms with Gasteiger partial charge in [0.2, 0.25) is 0 Å². The fourth-order valence-corrected chi connectivity index (χ4v) is 7.44. The summed E-state index contributed by atoms with van der Waals surface area (Å²) in [6.45, 7) is 2.42. The number of aliphatic hydroxyl groups is 1. The molecule has 0 aromatic heterocycles. The molecule has 0 spiro atoms. The van der Waals surface area contributed by atoms with Crippen LogP contribution in [0.2, 0.25) is 0 Å². The molecule has 0 saturated carbocycles. The lowest BCUT2D eigenvalue weighted by Crippen LogP contribution is -2.47. The van der Waals surface area contributed by atoms with E-state index in [4.69, 9.17) is 14.2 Å². The minimum absolute atomic E-state index is 0.00716. The second kappa shape index (κ2) is 18.0. The van der Waals surface area contributed by atoms with Gasteiger partial charge in [0.1, 0.15) is 6.04 Å². The number of carbonyl (C=O) groups excluding carboxylic acids is 2. The second-order valence-corrected chi connectivity index (χ2v) is 13.9. The standard InChI is InChI=1S/C43H44N2O6S/c1-29-39(28-52-36-14-7-4-8-15-36)50-42(51-40(29)33-19-17-31(27-46)18-20-33)34-23-21-32(22-24-34)37-16-10-9-13-35(37)26-44-43(48)45-38(41(47)49-2)25-30-11-5-3-6-12-30/h3-24,29,38-40,42,46H,25-28H2,1-2H3,(H2,44,45,48). The molecule has 3 N–H and O–H groups in total. The quantitative estimate of drug-likeness (QED) is 0.0838. The molecule has 8 nitrogen and oxygen atoms in total. The van der Waals surface area contributed by atoms with Crippen molar-refractivity contribution < 1.29 is 28.9 Å². The van der Waals surface area contributed by atoms with Gasteiger partial charge in [-0.1, -0.05) is 128 Å². The Morgan fingerprint density at radius 1 is 0.788 bits per heavy atom. The van der Waals surface area contributed by atoms with Crippen molar-refractivity contribution in [1.82, 2.24) is 10.6 Å². The number of hydrogen-bond acceptors (Lipinski definition) is 7. The van der Waals surface area contributed by atoms with Crippen LogP contribution in [0.1, 0.15) is 47.1 Å². The molecule has 2 amide bonds. The van der Waals surface area contributed by atoms with E-state index in [-0.39, 0.29) is 31.3 Å². The Kier molecular flexibility index (Phi) is 12.8. The summed E-state index contributed by atoms with van der Waals surface area (Å²) in [5, 5.41) is 15.3. The van der Waals surface area contributed by atoms with Crippen molar-refractivity contribution in [2.75, 3.05) is 12.9 Å². The molecule has 5 aromatic rings. The van der Waals surface area contributed by atoms with Crippen molar-refractivity contribution in [3.63, 3.8) is 0 Å². The highest BCUT2D eigenvalue weighted by molar-refractivity contribution is 7.99. The van der Waals surface area contributed by atoms with Crippen molar-refractivity contribution in [2.24, 2.45) is 5.92 Å². The van der Waals surface area contributed by atoms with Gasteiger partial charge in [0, 0.05) is 35.1 Å². The highest BCUT2D eigenvalue weighted by atomic mass is 32.2. The maximum Gasteiger partial charge on any atom is 0.328 e. The largest absolute Gasteiger partial charge is 0.467 e. The molecule has 0 radical (unpaired) electrons. The van der Waals surface area contributed by atoms with Gasteiger partial charge in [0.25, 0.3) is 0 Å². The molecule has 6 rings (SSSR count). The molecule has 0 bridgehead atoms. The molecular weight excluding hydrogens is 673 g/mol. The van der Waals surface area contributed by atoms with Crippen LogP contribution in [0.3, 0.4) is 0 Å². The van der Waals surface area contributed by atoms with Crippen LogP contribution in [-0.4, -0.2) is 42.1 Å². The summed E-state index contributed by atoms with van der Waals surface area (Å²) in [5.41, 5.74) is 6.61. The van der Waals surface area contributed by atoms with E-state index in [0.717, 1.165) is 44.7 Å². The summed E-state index contributed by atoms with van der Waals surface area (Å²) in [6, 6.07) is 42.6. The number of methoxy groups -OCH3 is 1. The summed E-state index contributed by atoms with van der Waals surface area (Å²) in [5.74, 6) is 0.353. The normalized spacial score (nSPS) is 19.0. The molecule has 5 unspecified atom stereocenters. The van der Waals surface area contributed by atoms with E-state index in [1.54, 1.807) is 11.8 Å². The van der Waals surface area contributed by atoms with E-state index in [0.29, 0.717) is 6.42 Å². The van der Waals surface area contributed by atoms with Crippen LogP contribution in [0.25, 0.3) is 11.1 Å². The molecule has 9 heteroatoms. The summed E-state index contributed by atoms with van der Waals surface area (Å²) >= 11 is 1.77. The number of carbonyl (C=O) groups is 2. The van der Waals surface area contributed by atoms with Gasteiger partial charge in [0.05, 0.1) is 25.9 Å². The topological polar surface area (TPSA) is 106 Å². The maximum absolute atomic E-state index is 13.0.